The minimum atomic E-state index is -4.96. The number of hydrogen-bond donors (Lipinski definition) is 0. The van der Waals surface area contributed by atoms with Crippen molar-refractivity contribution in [3.05, 3.63) is 17.3 Å². The Morgan fingerprint density at radius 3 is 2.55 bits per heavy atom. The van der Waals surface area contributed by atoms with Crippen LogP contribution >= 0.6 is 11.6 Å². The number of methoxy groups -OCH3 is 1. The van der Waals surface area contributed by atoms with Crippen molar-refractivity contribution in [2.75, 3.05) is 13.7 Å². The third-order valence-corrected chi connectivity index (χ3v) is 2.41. The lowest BCUT2D eigenvalue weighted by atomic mass is 10.1. The van der Waals surface area contributed by atoms with Crippen LogP contribution in [0.5, 0.6) is 11.6 Å². The molecule has 0 saturated carbocycles. The number of hydrogen-bond acceptors (Lipinski definition) is 5. The van der Waals surface area contributed by atoms with E-state index in [2.05, 4.69) is 9.72 Å². The molecule has 0 spiro atoms. The van der Waals surface area contributed by atoms with Crippen molar-refractivity contribution in [1.29, 1.82) is 0 Å². The first-order chi connectivity index (χ1) is 9.34. The monoisotopic (exact) mass is 313 g/mol. The predicted octanol–water partition coefficient (Wildman–Crippen LogP) is 2.90. The number of halogens is 4. The van der Waals surface area contributed by atoms with Crippen LogP contribution < -0.4 is 9.47 Å². The van der Waals surface area contributed by atoms with Crippen molar-refractivity contribution in [3.8, 4) is 11.6 Å². The fourth-order valence-corrected chi connectivity index (χ4v) is 1.62. The highest BCUT2D eigenvalue weighted by molar-refractivity contribution is 6.17. The molecule has 0 N–H and O–H groups in total. The van der Waals surface area contributed by atoms with Crippen LogP contribution in [0.2, 0.25) is 0 Å². The zero-order chi connectivity index (χ0) is 15.3. The Hall–Kier alpha value is -1.70. The average molecular weight is 314 g/mol. The summed E-state index contributed by atoms with van der Waals surface area (Å²) >= 11 is 5.62. The van der Waals surface area contributed by atoms with Gasteiger partial charge < -0.3 is 14.2 Å². The quantitative estimate of drug-likeness (QED) is 0.618. The standard InChI is InChI=1S/C11H11ClF3NO4/c1-3-19-10(17)7-6(4-12)5-16-9(8(7)18-2)20-11(13,14)15/h5H,3-4H2,1-2H3. The summed E-state index contributed by atoms with van der Waals surface area (Å²) in [6.45, 7) is 1.60. The summed E-state index contributed by atoms with van der Waals surface area (Å²) in [6.07, 6.45) is -3.96. The van der Waals surface area contributed by atoms with Gasteiger partial charge in [-0.05, 0) is 6.92 Å². The molecule has 0 aliphatic rings. The zero-order valence-corrected chi connectivity index (χ0v) is 11.3. The van der Waals surface area contributed by atoms with E-state index in [9.17, 15) is 18.0 Å². The third kappa shape index (κ3) is 3.89. The normalized spacial score (nSPS) is 11.1. The van der Waals surface area contributed by atoms with E-state index < -0.39 is 24.0 Å². The summed E-state index contributed by atoms with van der Waals surface area (Å²) < 4.78 is 50.0. The molecule has 0 amide bonds. The van der Waals surface area contributed by atoms with Crippen molar-refractivity contribution in [3.63, 3.8) is 0 Å². The van der Waals surface area contributed by atoms with Gasteiger partial charge in [-0.25, -0.2) is 9.78 Å². The number of pyridine rings is 1. The first-order valence-electron chi connectivity index (χ1n) is 5.38. The van der Waals surface area contributed by atoms with Gasteiger partial charge in [0.25, 0.3) is 5.88 Å². The van der Waals surface area contributed by atoms with Crippen LogP contribution in [-0.2, 0) is 10.6 Å². The highest BCUT2D eigenvalue weighted by Crippen LogP contribution is 2.35. The lowest BCUT2D eigenvalue weighted by Crippen LogP contribution is -2.20. The summed E-state index contributed by atoms with van der Waals surface area (Å²) in [5.74, 6) is -2.37. The van der Waals surface area contributed by atoms with Crippen molar-refractivity contribution in [1.82, 2.24) is 4.98 Å². The number of carbonyl (C=O) groups excluding carboxylic acids is 1. The largest absolute Gasteiger partial charge is 0.574 e. The highest BCUT2D eigenvalue weighted by Gasteiger charge is 2.35. The number of aromatic nitrogens is 1. The molecule has 1 aromatic heterocycles. The lowest BCUT2D eigenvalue weighted by molar-refractivity contribution is -0.276. The van der Waals surface area contributed by atoms with Gasteiger partial charge in [-0.3, -0.25) is 0 Å². The van der Waals surface area contributed by atoms with Gasteiger partial charge in [0.05, 0.1) is 13.7 Å². The van der Waals surface area contributed by atoms with Crippen LogP contribution in [0.15, 0.2) is 6.20 Å². The predicted molar refractivity (Wildman–Crippen MR) is 63.0 cm³/mol. The molecule has 0 radical (unpaired) electrons. The van der Waals surface area contributed by atoms with E-state index in [1.54, 1.807) is 6.92 Å². The molecule has 0 aliphatic carbocycles. The first-order valence-corrected chi connectivity index (χ1v) is 5.92. The molecule has 5 nitrogen and oxygen atoms in total. The van der Waals surface area contributed by atoms with Gasteiger partial charge >= 0.3 is 12.3 Å². The van der Waals surface area contributed by atoms with Crippen LogP contribution in [0, 0.1) is 0 Å². The van der Waals surface area contributed by atoms with Gasteiger partial charge in [0, 0.05) is 17.6 Å². The zero-order valence-electron chi connectivity index (χ0n) is 10.6. The Labute approximate surface area is 117 Å². The van der Waals surface area contributed by atoms with Crippen LogP contribution in [0.1, 0.15) is 22.8 Å². The lowest BCUT2D eigenvalue weighted by Gasteiger charge is -2.15. The molecule has 0 aromatic carbocycles. The number of carbonyl (C=O) groups is 1. The van der Waals surface area contributed by atoms with Crippen LogP contribution in [-0.4, -0.2) is 31.0 Å². The van der Waals surface area contributed by atoms with E-state index in [4.69, 9.17) is 21.1 Å². The summed E-state index contributed by atoms with van der Waals surface area (Å²) in [5.41, 5.74) is -0.0601. The first kappa shape index (κ1) is 16.4. The molecule has 0 saturated heterocycles. The molecular weight excluding hydrogens is 303 g/mol. The smallest absolute Gasteiger partial charge is 0.491 e. The molecule has 0 bridgehead atoms. The van der Waals surface area contributed by atoms with E-state index in [0.717, 1.165) is 13.3 Å². The van der Waals surface area contributed by atoms with E-state index >= 15 is 0 Å². The molecule has 1 heterocycles. The molecule has 20 heavy (non-hydrogen) atoms. The second-order valence-corrected chi connectivity index (χ2v) is 3.67. The Bertz CT molecular complexity index is 493. The number of esters is 1. The molecule has 1 aromatic rings. The Kier molecular flexibility index (Phi) is 5.43. The molecule has 0 aliphatic heterocycles. The summed E-state index contributed by atoms with van der Waals surface area (Å²) in [5, 5.41) is 0. The third-order valence-electron chi connectivity index (χ3n) is 2.12. The molecule has 0 fully saturated rings. The number of ether oxygens (including phenoxy) is 3. The van der Waals surface area contributed by atoms with Crippen LogP contribution in [0.25, 0.3) is 0 Å². The number of nitrogens with zero attached hydrogens (tertiary/aromatic N) is 1. The van der Waals surface area contributed by atoms with E-state index in [1.165, 1.54) is 0 Å². The van der Waals surface area contributed by atoms with Crippen molar-refractivity contribution < 1.29 is 32.2 Å². The van der Waals surface area contributed by atoms with E-state index in [-0.39, 0.29) is 23.6 Å². The SMILES string of the molecule is CCOC(=O)c1c(CCl)cnc(OC(F)(F)F)c1OC. The molecule has 112 valence electrons. The minimum Gasteiger partial charge on any atom is -0.491 e. The Morgan fingerprint density at radius 2 is 2.10 bits per heavy atom. The fourth-order valence-electron chi connectivity index (χ4n) is 1.41. The van der Waals surface area contributed by atoms with Crippen molar-refractivity contribution in [2.45, 2.75) is 19.2 Å². The minimum absolute atomic E-state index is 0.0432. The number of rotatable bonds is 5. The maximum Gasteiger partial charge on any atom is 0.574 e. The van der Waals surface area contributed by atoms with Crippen LogP contribution in [0.3, 0.4) is 0 Å². The second-order valence-electron chi connectivity index (χ2n) is 3.40. The molecular formula is C11H11ClF3NO4. The Morgan fingerprint density at radius 1 is 1.45 bits per heavy atom. The molecule has 1 rings (SSSR count). The summed E-state index contributed by atoms with van der Waals surface area (Å²) in [6, 6.07) is 0. The molecule has 9 heteroatoms. The maximum atomic E-state index is 12.3. The van der Waals surface area contributed by atoms with Gasteiger partial charge in [0.2, 0.25) is 0 Å². The average Bonchev–Trinajstić information content (AvgIpc) is 2.36. The van der Waals surface area contributed by atoms with E-state index in [1.807, 2.05) is 0 Å². The summed E-state index contributed by atoms with van der Waals surface area (Å²) in [7, 11) is 1.08. The van der Waals surface area contributed by atoms with Gasteiger partial charge in [-0.15, -0.1) is 24.8 Å². The molecule has 0 unspecified atom stereocenters. The highest BCUT2D eigenvalue weighted by atomic mass is 35.5. The van der Waals surface area contributed by atoms with Gasteiger partial charge in [0.15, 0.2) is 5.75 Å². The topological polar surface area (TPSA) is 57.7 Å². The van der Waals surface area contributed by atoms with Gasteiger partial charge in [0.1, 0.15) is 5.56 Å². The fraction of sp³-hybridized carbons (Fsp3) is 0.455. The van der Waals surface area contributed by atoms with E-state index in [0.29, 0.717) is 0 Å². The van der Waals surface area contributed by atoms with Crippen molar-refractivity contribution >= 4 is 17.6 Å². The maximum absolute atomic E-state index is 12.3. The number of alkyl halides is 4. The summed E-state index contributed by atoms with van der Waals surface area (Å²) in [4.78, 5) is 15.2. The Balaban J connectivity index is 3.36. The van der Waals surface area contributed by atoms with Crippen LogP contribution in [0.4, 0.5) is 13.2 Å². The second kappa shape index (κ2) is 6.65. The van der Waals surface area contributed by atoms with Gasteiger partial charge in [-0.2, -0.15) is 0 Å². The van der Waals surface area contributed by atoms with Crippen molar-refractivity contribution in [2.24, 2.45) is 0 Å². The van der Waals surface area contributed by atoms with Gasteiger partial charge in [-0.1, -0.05) is 0 Å². The molecule has 0 atom stereocenters.